The van der Waals surface area contributed by atoms with Crippen LogP contribution in [0.1, 0.15) is 6.92 Å². The lowest BCUT2D eigenvalue weighted by molar-refractivity contribution is 0.0103. The molecule has 0 amide bonds. The van der Waals surface area contributed by atoms with Crippen LogP contribution in [-0.4, -0.2) is 44.2 Å². The second-order valence-corrected chi connectivity index (χ2v) is 5.09. The van der Waals surface area contributed by atoms with Crippen LogP contribution in [0, 0.1) is 9.39 Å². The van der Waals surface area contributed by atoms with Gasteiger partial charge in [0.1, 0.15) is 5.82 Å². The Hall–Kier alpha value is -0.440. The summed E-state index contributed by atoms with van der Waals surface area (Å²) in [7, 11) is 0. The first-order valence-corrected chi connectivity index (χ1v) is 7.23. The fraction of sp³-hybridized carbons (Fsp3) is 0.538. The van der Waals surface area contributed by atoms with Gasteiger partial charge < -0.3 is 19.9 Å². The van der Waals surface area contributed by atoms with E-state index >= 15 is 0 Å². The van der Waals surface area contributed by atoms with Gasteiger partial charge in [-0.1, -0.05) is 0 Å². The fourth-order valence-electron chi connectivity index (χ4n) is 1.40. The molecule has 1 atom stereocenters. The number of benzene rings is 1. The smallest absolute Gasteiger partial charge is 0.124 e. The van der Waals surface area contributed by atoms with Crippen LogP contribution in [0.25, 0.3) is 0 Å². The van der Waals surface area contributed by atoms with Gasteiger partial charge in [0.2, 0.25) is 0 Å². The molecule has 108 valence electrons. The monoisotopic (exact) mass is 383 g/mol. The Labute approximate surface area is 126 Å². The van der Waals surface area contributed by atoms with Gasteiger partial charge in [0.15, 0.2) is 0 Å². The van der Waals surface area contributed by atoms with E-state index in [9.17, 15) is 9.50 Å². The number of aliphatic hydroxyl groups excluding tert-OH is 1. The molecule has 2 N–H and O–H groups in total. The maximum atomic E-state index is 12.9. The predicted octanol–water partition coefficient (Wildman–Crippen LogP) is 2.26. The quantitative estimate of drug-likeness (QED) is 0.508. The number of halogens is 2. The van der Waals surface area contributed by atoms with E-state index < -0.39 is 6.10 Å². The zero-order chi connectivity index (χ0) is 14.1. The molecule has 0 aliphatic rings. The number of nitrogens with one attached hydrogen (secondary N) is 1. The number of aliphatic hydroxyl groups is 1. The summed E-state index contributed by atoms with van der Waals surface area (Å²) in [5.41, 5.74) is 0.801. The van der Waals surface area contributed by atoms with Crippen molar-refractivity contribution in [2.45, 2.75) is 13.0 Å². The van der Waals surface area contributed by atoms with E-state index in [0.29, 0.717) is 26.4 Å². The second kappa shape index (κ2) is 9.46. The lowest BCUT2D eigenvalue weighted by Crippen LogP contribution is -2.26. The van der Waals surface area contributed by atoms with Crippen molar-refractivity contribution < 1.29 is 19.0 Å². The van der Waals surface area contributed by atoms with Gasteiger partial charge in [-0.3, -0.25) is 0 Å². The average Bonchev–Trinajstić information content (AvgIpc) is 2.37. The van der Waals surface area contributed by atoms with Crippen molar-refractivity contribution in [3.63, 3.8) is 0 Å². The summed E-state index contributed by atoms with van der Waals surface area (Å²) in [6.45, 7) is 4.19. The number of hydrogen-bond acceptors (Lipinski definition) is 4. The minimum absolute atomic E-state index is 0.248. The van der Waals surface area contributed by atoms with Crippen molar-refractivity contribution in [2.75, 3.05) is 38.3 Å². The molecule has 0 heterocycles. The minimum Gasteiger partial charge on any atom is -0.389 e. The third-order valence-electron chi connectivity index (χ3n) is 2.35. The van der Waals surface area contributed by atoms with Crippen molar-refractivity contribution in [2.24, 2.45) is 0 Å². The fourth-order valence-corrected chi connectivity index (χ4v) is 2.07. The van der Waals surface area contributed by atoms with Gasteiger partial charge >= 0.3 is 0 Å². The average molecular weight is 383 g/mol. The topological polar surface area (TPSA) is 50.7 Å². The van der Waals surface area contributed by atoms with Gasteiger partial charge in [0.25, 0.3) is 0 Å². The summed E-state index contributed by atoms with van der Waals surface area (Å²) in [5.74, 6) is -0.269. The lowest BCUT2D eigenvalue weighted by Gasteiger charge is -2.14. The van der Waals surface area contributed by atoms with Gasteiger partial charge in [-0.25, -0.2) is 4.39 Å². The van der Waals surface area contributed by atoms with Gasteiger partial charge in [-0.2, -0.15) is 0 Å². The molecular weight excluding hydrogens is 364 g/mol. The number of anilines is 1. The summed E-state index contributed by atoms with van der Waals surface area (Å²) < 4.78 is 24.1. The molecule has 0 bridgehead atoms. The molecule has 1 aromatic carbocycles. The number of ether oxygens (including phenoxy) is 2. The Morgan fingerprint density at radius 2 is 2.11 bits per heavy atom. The molecule has 0 saturated heterocycles. The molecule has 4 nitrogen and oxygen atoms in total. The third kappa shape index (κ3) is 7.05. The van der Waals surface area contributed by atoms with Crippen molar-refractivity contribution in [3.05, 3.63) is 27.6 Å². The first kappa shape index (κ1) is 16.6. The van der Waals surface area contributed by atoms with Crippen LogP contribution in [0.4, 0.5) is 10.1 Å². The van der Waals surface area contributed by atoms with E-state index in [4.69, 9.17) is 9.47 Å². The van der Waals surface area contributed by atoms with Gasteiger partial charge in [-0.05, 0) is 47.7 Å². The summed E-state index contributed by atoms with van der Waals surface area (Å²) in [4.78, 5) is 0. The third-order valence-corrected chi connectivity index (χ3v) is 3.24. The number of rotatable bonds is 9. The Balaban J connectivity index is 2.20. The summed E-state index contributed by atoms with van der Waals surface area (Å²) in [5, 5.41) is 12.8. The van der Waals surface area contributed by atoms with E-state index in [1.807, 2.05) is 29.5 Å². The standard InChI is InChI=1S/C13H19FINO3/c1-2-18-5-6-19-9-11(17)8-16-13-4-3-10(14)7-12(13)15/h3-4,7,11,16-17H,2,5-6,8-9H2,1H3. The highest BCUT2D eigenvalue weighted by Crippen LogP contribution is 2.18. The van der Waals surface area contributed by atoms with E-state index in [-0.39, 0.29) is 12.4 Å². The Morgan fingerprint density at radius 1 is 1.37 bits per heavy atom. The highest BCUT2D eigenvalue weighted by atomic mass is 127. The predicted molar refractivity (Wildman–Crippen MR) is 80.9 cm³/mol. The van der Waals surface area contributed by atoms with Crippen molar-refractivity contribution in [1.82, 2.24) is 0 Å². The van der Waals surface area contributed by atoms with E-state index in [1.165, 1.54) is 12.1 Å². The van der Waals surface area contributed by atoms with Crippen LogP contribution in [0.15, 0.2) is 18.2 Å². The molecule has 19 heavy (non-hydrogen) atoms. The van der Waals surface area contributed by atoms with Crippen molar-refractivity contribution in [1.29, 1.82) is 0 Å². The van der Waals surface area contributed by atoms with Gasteiger partial charge in [-0.15, -0.1) is 0 Å². The zero-order valence-corrected chi connectivity index (χ0v) is 13.0. The van der Waals surface area contributed by atoms with Crippen LogP contribution < -0.4 is 5.32 Å². The highest BCUT2D eigenvalue weighted by Gasteiger charge is 2.06. The Bertz CT molecular complexity index is 379. The van der Waals surface area contributed by atoms with Crippen LogP contribution in [0.2, 0.25) is 0 Å². The van der Waals surface area contributed by atoms with E-state index in [2.05, 4.69) is 5.32 Å². The van der Waals surface area contributed by atoms with Crippen LogP contribution >= 0.6 is 22.6 Å². The number of hydrogen-bond donors (Lipinski definition) is 2. The molecule has 1 rings (SSSR count). The first-order valence-electron chi connectivity index (χ1n) is 6.16. The zero-order valence-electron chi connectivity index (χ0n) is 10.9. The molecule has 0 radical (unpaired) electrons. The summed E-state index contributed by atoms with van der Waals surface area (Å²) >= 11 is 2.04. The van der Waals surface area contributed by atoms with Crippen LogP contribution in [0.3, 0.4) is 0 Å². The summed E-state index contributed by atoms with van der Waals surface area (Å²) in [6, 6.07) is 4.48. The van der Waals surface area contributed by atoms with Crippen molar-refractivity contribution in [3.8, 4) is 0 Å². The first-order chi connectivity index (χ1) is 9.13. The lowest BCUT2D eigenvalue weighted by atomic mass is 10.3. The van der Waals surface area contributed by atoms with Gasteiger partial charge in [0, 0.05) is 22.4 Å². The molecule has 1 unspecified atom stereocenters. The molecule has 0 aliphatic carbocycles. The SMILES string of the molecule is CCOCCOCC(O)CNc1ccc(F)cc1I. The molecule has 0 aliphatic heterocycles. The van der Waals surface area contributed by atoms with E-state index in [1.54, 1.807) is 6.07 Å². The Morgan fingerprint density at radius 3 is 2.79 bits per heavy atom. The molecule has 0 fully saturated rings. The Kier molecular flexibility index (Phi) is 8.27. The highest BCUT2D eigenvalue weighted by molar-refractivity contribution is 14.1. The molecule has 0 saturated carbocycles. The van der Waals surface area contributed by atoms with Gasteiger partial charge in [0.05, 0.1) is 25.9 Å². The van der Waals surface area contributed by atoms with Crippen LogP contribution in [0.5, 0.6) is 0 Å². The molecular formula is C13H19FINO3. The van der Waals surface area contributed by atoms with E-state index in [0.717, 1.165) is 9.26 Å². The normalized spacial score (nSPS) is 12.4. The van der Waals surface area contributed by atoms with Crippen molar-refractivity contribution >= 4 is 28.3 Å². The second-order valence-electron chi connectivity index (χ2n) is 3.93. The minimum atomic E-state index is -0.609. The molecule has 0 spiro atoms. The summed E-state index contributed by atoms with van der Waals surface area (Å²) in [6.07, 6.45) is -0.609. The molecule has 6 heteroatoms. The molecule has 1 aromatic rings. The maximum absolute atomic E-state index is 12.9. The van der Waals surface area contributed by atoms with Crippen LogP contribution in [-0.2, 0) is 9.47 Å². The molecule has 0 aromatic heterocycles. The maximum Gasteiger partial charge on any atom is 0.124 e. The largest absolute Gasteiger partial charge is 0.389 e.